The smallest absolute Gasteiger partial charge is 0.398 e. The van der Waals surface area contributed by atoms with Gasteiger partial charge in [-0.15, -0.1) is 0 Å². The summed E-state index contributed by atoms with van der Waals surface area (Å²) in [5.41, 5.74) is -0.896. The molecule has 0 atom stereocenters. The molecule has 0 unspecified atom stereocenters. The predicted molar refractivity (Wildman–Crippen MR) is 70.7 cm³/mol. The Labute approximate surface area is 116 Å². The van der Waals surface area contributed by atoms with Crippen molar-refractivity contribution in [3.8, 4) is 0 Å². The zero-order valence-corrected chi connectivity index (χ0v) is 11.0. The van der Waals surface area contributed by atoms with Crippen molar-refractivity contribution in [2.45, 2.75) is 45.5 Å². The Kier molecular flexibility index (Phi) is 2.14. The molecule has 0 aromatic carbocycles. The van der Waals surface area contributed by atoms with Gasteiger partial charge in [-0.1, -0.05) is 6.07 Å². The molecular weight excluding hydrogens is 229 g/mol. The number of hydrogen-bond acceptors (Lipinski definition) is 4. The molecule has 1 aliphatic heterocycles. The summed E-state index contributed by atoms with van der Waals surface area (Å²) < 4.78 is 53.0. The summed E-state index contributed by atoms with van der Waals surface area (Å²) in [6.07, 6.45) is 0. The van der Waals surface area contributed by atoms with Crippen LogP contribution >= 0.6 is 0 Å². The molecule has 4 nitrogen and oxygen atoms in total. The number of aromatic nitrogens is 1. The van der Waals surface area contributed by atoms with Gasteiger partial charge in [-0.3, -0.25) is 4.98 Å². The van der Waals surface area contributed by atoms with E-state index in [4.69, 9.17) is 16.2 Å². The van der Waals surface area contributed by atoms with Crippen LogP contribution in [0, 0.1) is 0 Å². The Hall–Kier alpha value is -0.905. The van der Waals surface area contributed by atoms with Gasteiger partial charge in [0.05, 0.1) is 35.9 Å². The van der Waals surface area contributed by atoms with E-state index in [1.165, 1.54) is 6.07 Å². The second-order valence-corrected chi connectivity index (χ2v) is 5.24. The van der Waals surface area contributed by atoms with Crippen molar-refractivity contribution in [1.29, 1.82) is 0 Å². The van der Waals surface area contributed by atoms with Crippen molar-refractivity contribution in [3.05, 3.63) is 23.9 Å². The van der Waals surface area contributed by atoms with Crippen LogP contribution < -0.4 is 5.59 Å². The molecule has 0 bridgehead atoms. The van der Waals surface area contributed by atoms with E-state index in [0.29, 0.717) is 5.59 Å². The topological polar surface area (TPSA) is 40.6 Å². The van der Waals surface area contributed by atoms with Crippen LogP contribution in [0.1, 0.15) is 40.2 Å². The third-order valence-corrected chi connectivity index (χ3v) is 3.42. The van der Waals surface area contributed by atoms with Crippen LogP contribution in [-0.2, 0) is 20.6 Å². The summed E-state index contributed by atoms with van der Waals surface area (Å²) in [4.78, 5) is 4.14. The minimum atomic E-state index is -2.87. The number of ether oxygens (including phenoxy) is 1. The Balaban J connectivity index is 2.28. The van der Waals surface area contributed by atoms with Crippen molar-refractivity contribution in [2.75, 3.05) is 7.04 Å². The van der Waals surface area contributed by atoms with Gasteiger partial charge in [-0.2, -0.15) is 0 Å². The van der Waals surface area contributed by atoms with E-state index in [-0.39, 0.29) is 5.69 Å². The monoisotopic (exact) mass is 254 g/mol. The molecule has 1 aromatic heterocycles. The van der Waals surface area contributed by atoms with E-state index < -0.39 is 31.9 Å². The molecule has 2 heterocycles. The third kappa shape index (κ3) is 2.43. The first-order chi connectivity index (χ1) is 10.2. The van der Waals surface area contributed by atoms with E-state index >= 15 is 0 Å². The highest BCUT2D eigenvalue weighted by Gasteiger charge is 2.52. The number of hydrogen-bond donors (Lipinski definition) is 0. The SMILES string of the molecule is [2H]C([2H])([2H])OC([2H])([2H])c1cccc(B2OC(C)(C)C(C)(C)O2)n1. The number of pyridine rings is 1. The van der Waals surface area contributed by atoms with Crippen molar-refractivity contribution in [3.63, 3.8) is 0 Å². The molecule has 1 fully saturated rings. The van der Waals surface area contributed by atoms with Crippen LogP contribution in [0.4, 0.5) is 0 Å². The predicted octanol–water partition coefficient (Wildman–Crippen LogP) is 1.53. The Morgan fingerprint density at radius 2 is 2.00 bits per heavy atom. The average Bonchev–Trinajstić information content (AvgIpc) is 2.56. The van der Waals surface area contributed by atoms with Gasteiger partial charge in [0.2, 0.25) is 0 Å². The summed E-state index contributed by atoms with van der Waals surface area (Å²) in [5, 5.41) is 0. The van der Waals surface area contributed by atoms with Gasteiger partial charge >= 0.3 is 7.12 Å². The van der Waals surface area contributed by atoms with Crippen LogP contribution in [0.5, 0.6) is 0 Å². The van der Waals surface area contributed by atoms with Crippen LogP contribution in [0.3, 0.4) is 0 Å². The first kappa shape index (κ1) is 8.30. The van der Waals surface area contributed by atoms with Crippen molar-refractivity contribution in [1.82, 2.24) is 4.98 Å². The minimum absolute atomic E-state index is 0.152. The van der Waals surface area contributed by atoms with Crippen LogP contribution in [-0.4, -0.2) is 30.3 Å². The fourth-order valence-electron chi connectivity index (χ4n) is 1.66. The van der Waals surface area contributed by atoms with E-state index in [1.807, 2.05) is 27.7 Å². The molecule has 0 amide bonds. The lowest BCUT2D eigenvalue weighted by atomic mass is 9.84. The van der Waals surface area contributed by atoms with E-state index in [2.05, 4.69) is 9.72 Å². The van der Waals surface area contributed by atoms with Gasteiger partial charge in [0, 0.05) is 7.04 Å². The minimum Gasteiger partial charge on any atom is -0.398 e. The molecule has 0 aliphatic carbocycles. The fourth-order valence-corrected chi connectivity index (χ4v) is 1.66. The van der Waals surface area contributed by atoms with E-state index in [0.717, 1.165) is 0 Å². The molecule has 1 aliphatic rings. The van der Waals surface area contributed by atoms with Crippen molar-refractivity contribution < 1.29 is 20.9 Å². The molecule has 1 saturated heterocycles. The van der Waals surface area contributed by atoms with Crippen LogP contribution in [0.25, 0.3) is 0 Å². The molecule has 0 N–H and O–H groups in total. The Morgan fingerprint density at radius 1 is 1.33 bits per heavy atom. The van der Waals surface area contributed by atoms with E-state index in [1.54, 1.807) is 12.1 Å². The summed E-state index contributed by atoms with van der Waals surface area (Å²) >= 11 is 0. The van der Waals surface area contributed by atoms with Crippen LogP contribution in [0.2, 0.25) is 0 Å². The van der Waals surface area contributed by atoms with Gasteiger partial charge in [0.25, 0.3) is 0 Å². The molecule has 0 spiro atoms. The zero-order chi connectivity index (χ0) is 17.7. The largest absolute Gasteiger partial charge is 0.514 e. The Bertz CT molecular complexity index is 575. The average molecular weight is 254 g/mol. The fraction of sp³-hybridized carbons (Fsp3) is 0.615. The van der Waals surface area contributed by atoms with Gasteiger partial charge in [0.1, 0.15) is 0 Å². The summed E-state index contributed by atoms with van der Waals surface area (Å²) in [7, 11) is -3.63. The molecule has 18 heavy (non-hydrogen) atoms. The lowest BCUT2D eigenvalue weighted by Gasteiger charge is -2.32. The van der Waals surface area contributed by atoms with Crippen molar-refractivity contribution >= 4 is 12.7 Å². The second kappa shape index (κ2) is 4.65. The number of methoxy groups -OCH3 is 1. The highest BCUT2D eigenvalue weighted by atomic mass is 16.7. The second-order valence-electron chi connectivity index (χ2n) is 5.24. The molecule has 98 valence electrons. The lowest BCUT2D eigenvalue weighted by Crippen LogP contribution is -2.41. The third-order valence-electron chi connectivity index (χ3n) is 3.42. The normalized spacial score (nSPS) is 26.9. The first-order valence-corrected chi connectivity index (χ1v) is 5.77. The molecule has 1 aromatic rings. The standard InChI is InChI=1S/C13H20BNO3/c1-12(2)13(3,4)18-14(17-12)11-8-6-7-10(15-11)9-16-5/h6-8H,9H2,1-5H3/i5D3,9D2. The van der Waals surface area contributed by atoms with Crippen LogP contribution in [0.15, 0.2) is 18.2 Å². The molecular formula is C13H20BNO3. The highest BCUT2D eigenvalue weighted by molar-refractivity contribution is 6.61. The zero-order valence-electron chi connectivity index (χ0n) is 16.0. The molecule has 5 heteroatoms. The van der Waals surface area contributed by atoms with Crippen molar-refractivity contribution in [2.24, 2.45) is 0 Å². The van der Waals surface area contributed by atoms with Gasteiger partial charge in [-0.05, 0) is 39.8 Å². The maximum Gasteiger partial charge on any atom is 0.514 e. The summed E-state index contributed by atoms with van der Waals surface area (Å²) in [6, 6.07) is 4.56. The maximum absolute atomic E-state index is 7.79. The molecule has 2 rings (SSSR count). The van der Waals surface area contributed by atoms with Gasteiger partial charge < -0.3 is 14.0 Å². The summed E-state index contributed by atoms with van der Waals surface area (Å²) in [5.74, 6) is 0. The molecule has 0 radical (unpaired) electrons. The maximum atomic E-state index is 7.79. The van der Waals surface area contributed by atoms with Gasteiger partial charge in [-0.25, -0.2) is 0 Å². The first-order valence-electron chi connectivity index (χ1n) is 8.27. The van der Waals surface area contributed by atoms with Gasteiger partial charge in [0.15, 0.2) is 0 Å². The quantitative estimate of drug-likeness (QED) is 0.767. The lowest BCUT2D eigenvalue weighted by molar-refractivity contribution is 0.00578. The number of nitrogens with zero attached hydrogens (tertiary/aromatic N) is 1. The highest BCUT2D eigenvalue weighted by Crippen LogP contribution is 2.36. The summed E-state index contributed by atoms with van der Waals surface area (Å²) in [6.45, 7) is 5.04. The Morgan fingerprint density at radius 3 is 2.61 bits per heavy atom. The van der Waals surface area contributed by atoms with E-state index in [9.17, 15) is 0 Å². The number of rotatable bonds is 3. The molecule has 0 saturated carbocycles.